The number of ether oxygens (including phenoxy) is 2. The van der Waals surface area contributed by atoms with E-state index in [1.165, 1.54) is 19.2 Å². The van der Waals surface area contributed by atoms with Crippen LogP contribution in [0.25, 0.3) is 11.1 Å². The zero-order valence-electron chi connectivity index (χ0n) is 10.9. The third kappa shape index (κ3) is 2.68. The summed E-state index contributed by atoms with van der Waals surface area (Å²) in [5.74, 6) is 0.511. The molecule has 0 atom stereocenters. The molecule has 0 aliphatic rings. The van der Waals surface area contributed by atoms with Crippen LogP contribution in [0.2, 0.25) is 0 Å². The van der Waals surface area contributed by atoms with Crippen LogP contribution < -0.4 is 10.5 Å². The number of halogens is 1. The van der Waals surface area contributed by atoms with Crippen LogP contribution in [0.15, 0.2) is 18.2 Å². The predicted molar refractivity (Wildman–Crippen MR) is 70.5 cm³/mol. The molecule has 0 aliphatic heterocycles. The van der Waals surface area contributed by atoms with Gasteiger partial charge in [0.25, 0.3) is 0 Å². The summed E-state index contributed by atoms with van der Waals surface area (Å²) < 4.78 is 23.7. The minimum atomic E-state index is -0.353. The van der Waals surface area contributed by atoms with Gasteiger partial charge >= 0.3 is 0 Å². The molecule has 0 saturated carbocycles. The van der Waals surface area contributed by atoms with Gasteiger partial charge < -0.3 is 15.2 Å². The number of rotatable bonds is 5. The lowest BCUT2D eigenvalue weighted by molar-refractivity contribution is 0.201. The van der Waals surface area contributed by atoms with E-state index in [1.54, 1.807) is 13.2 Å². The van der Waals surface area contributed by atoms with E-state index < -0.39 is 0 Å². The van der Waals surface area contributed by atoms with Crippen molar-refractivity contribution in [2.75, 3.05) is 26.6 Å². The Morgan fingerprint density at radius 2 is 2.16 bits per heavy atom. The standard InChI is InChI=1S/C13H16FN3O2/c1-18-6-5-10-12(13(15)17-16-10)9-7-8(14)3-4-11(9)19-2/h3-4,7H,5-6H2,1-2H3,(H3,15,16,17). The average Bonchev–Trinajstić information content (AvgIpc) is 2.77. The molecule has 5 nitrogen and oxygen atoms in total. The van der Waals surface area contributed by atoms with Gasteiger partial charge in [-0.3, -0.25) is 5.10 Å². The highest BCUT2D eigenvalue weighted by Gasteiger charge is 2.17. The molecule has 0 fully saturated rings. The number of aromatic nitrogens is 2. The molecule has 102 valence electrons. The first kappa shape index (κ1) is 13.4. The molecule has 2 aromatic rings. The van der Waals surface area contributed by atoms with Crippen molar-refractivity contribution in [3.05, 3.63) is 29.7 Å². The smallest absolute Gasteiger partial charge is 0.153 e. The lowest BCUT2D eigenvalue weighted by atomic mass is 10.0. The van der Waals surface area contributed by atoms with Gasteiger partial charge in [0.1, 0.15) is 11.6 Å². The van der Waals surface area contributed by atoms with E-state index in [2.05, 4.69) is 10.2 Å². The van der Waals surface area contributed by atoms with Gasteiger partial charge in [-0.15, -0.1) is 0 Å². The molecule has 0 spiro atoms. The number of nitrogens with one attached hydrogen (secondary N) is 1. The zero-order valence-corrected chi connectivity index (χ0v) is 10.9. The monoisotopic (exact) mass is 265 g/mol. The number of nitrogens with zero attached hydrogens (tertiary/aromatic N) is 1. The summed E-state index contributed by atoms with van der Waals surface area (Å²) in [5.41, 5.74) is 7.90. The Morgan fingerprint density at radius 3 is 2.84 bits per heavy atom. The van der Waals surface area contributed by atoms with Crippen LogP contribution >= 0.6 is 0 Å². The average molecular weight is 265 g/mol. The Hall–Kier alpha value is -2.08. The fraction of sp³-hybridized carbons (Fsp3) is 0.308. The molecular weight excluding hydrogens is 249 g/mol. The number of benzene rings is 1. The highest BCUT2D eigenvalue weighted by molar-refractivity contribution is 5.80. The first-order chi connectivity index (χ1) is 9.17. The fourth-order valence-electron chi connectivity index (χ4n) is 1.96. The number of anilines is 1. The summed E-state index contributed by atoms with van der Waals surface area (Å²) in [7, 11) is 3.14. The van der Waals surface area contributed by atoms with Gasteiger partial charge in [0.05, 0.1) is 19.3 Å². The number of H-pyrrole nitrogens is 1. The van der Waals surface area contributed by atoms with Gasteiger partial charge in [-0.05, 0) is 18.2 Å². The quantitative estimate of drug-likeness (QED) is 0.867. The highest BCUT2D eigenvalue weighted by atomic mass is 19.1. The summed E-state index contributed by atoms with van der Waals surface area (Å²) >= 11 is 0. The second kappa shape index (κ2) is 5.71. The van der Waals surface area contributed by atoms with E-state index in [-0.39, 0.29) is 5.82 Å². The molecule has 0 radical (unpaired) electrons. The van der Waals surface area contributed by atoms with Crippen LogP contribution in [0.5, 0.6) is 5.75 Å². The second-order valence-electron chi connectivity index (χ2n) is 4.05. The van der Waals surface area contributed by atoms with Crippen molar-refractivity contribution in [1.82, 2.24) is 10.2 Å². The Kier molecular flexibility index (Phi) is 4.01. The number of nitrogens with two attached hydrogens (primary N) is 1. The van der Waals surface area contributed by atoms with Crippen molar-refractivity contribution in [1.29, 1.82) is 0 Å². The van der Waals surface area contributed by atoms with Gasteiger partial charge in [-0.25, -0.2) is 4.39 Å². The third-order valence-corrected chi connectivity index (χ3v) is 2.86. The first-order valence-corrected chi connectivity index (χ1v) is 5.83. The molecule has 0 aliphatic carbocycles. The second-order valence-corrected chi connectivity index (χ2v) is 4.05. The molecule has 0 unspecified atom stereocenters. The maximum atomic E-state index is 13.4. The Labute approximate surface area is 110 Å². The minimum absolute atomic E-state index is 0.315. The first-order valence-electron chi connectivity index (χ1n) is 5.83. The van der Waals surface area contributed by atoms with E-state index in [0.717, 1.165) is 5.69 Å². The van der Waals surface area contributed by atoms with E-state index >= 15 is 0 Å². The van der Waals surface area contributed by atoms with Crippen molar-refractivity contribution >= 4 is 5.82 Å². The molecule has 2 rings (SSSR count). The lowest BCUT2D eigenvalue weighted by Gasteiger charge is -2.09. The van der Waals surface area contributed by atoms with E-state index in [9.17, 15) is 4.39 Å². The third-order valence-electron chi connectivity index (χ3n) is 2.86. The Morgan fingerprint density at radius 1 is 1.37 bits per heavy atom. The number of hydrogen-bond acceptors (Lipinski definition) is 4. The van der Waals surface area contributed by atoms with Crippen molar-refractivity contribution in [3.63, 3.8) is 0 Å². The molecular formula is C13H16FN3O2. The SMILES string of the molecule is COCCc1[nH]nc(N)c1-c1cc(F)ccc1OC. The largest absolute Gasteiger partial charge is 0.496 e. The highest BCUT2D eigenvalue weighted by Crippen LogP contribution is 2.35. The van der Waals surface area contributed by atoms with E-state index in [4.69, 9.17) is 15.2 Å². The summed E-state index contributed by atoms with van der Waals surface area (Å²) in [6.45, 7) is 0.520. The summed E-state index contributed by atoms with van der Waals surface area (Å²) in [5, 5.41) is 6.82. The van der Waals surface area contributed by atoms with Crippen LogP contribution in [0, 0.1) is 5.82 Å². The van der Waals surface area contributed by atoms with Crippen molar-refractivity contribution in [3.8, 4) is 16.9 Å². The van der Waals surface area contributed by atoms with Crippen LogP contribution in [0.1, 0.15) is 5.69 Å². The van der Waals surface area contributed by atoms with Crippen molar-refractivity contribution < 1.29 is 13.9 Å². The van der Waals surface area contributed by atoms with E-state index in [1.807, 2.05) is 0 Å². The topological polar surface area (TPSA) is 73.2 Å². The molecule has 0 saturated heterocycles. The van der Waals surface area contributed by atoms with Gasteiger partial charge in [0.2, 0.25) is 0 Å². The molecule has 1 aromatic carbocycles. The maximum absolute atomic E-state index is 13.4. The summed E-state index contributed by atoms with van der Waals surface area (Å²) in [4.78, 5) is 0. The van der Waals surface area contributed by atoms with Crippen LogP contribution in [0.3, 0.4) is 0 Å². The van der Waals surface area contributed by atoms with Gasteiger partial charge in [0.15, 0.2) is 5.82 Å². The Bertz CT molecular complexity index is 569. The number of nitrogen functional groups attached to an aromatic ring is 1. The normalized spacial score (nSPS) is 10.7. The maximum Gasteiger partial charge on any atom is 0.153 e. The summed E-state index contributed by atoms with van der Waals surface area (Å²) in [6, 6.07) is 4.29. The van der Waals surface area contributed by atoms with Crippen LogP contribution in [-0.2, 0) is 11.2 Å². The van der Waals surface area contributed by atoms with Crippen molar-refractivity contribution in [2.45, 2.75) is 6.42 Å². The molecule has 1 aromatic heterocycles. The molecule has 0 amide bonds. The number of methoxy groups -OCH3 is 2. The van der Waals surface area contributed by atoms with Gasteiger partial charge in [0, 0.05) is 24.8 Å². The summed E-state index contributed by atoms with van der Waals surface area (Å²) in [6.07, 6.45) is 0.607. The van der Waals surface area contributed by atoms with E-state index in [0.29, 0.717) is 35.7 Å². The molecule has 3 N–H and O–H groups in total. The fourth-order valence-corrected chi connectivity index (χ4v) is 1.96. The number of aromatic amines is 1. The minimum Gasteiger partial charge on any atom is -0.496 e. The zero-order chi connectivity index (χ0) is 13.8. The predicted octanol–water partition coefficient (Wildman–Crippen LogP) is 2.00. The van der Waals surface area contributed by atoms with Gasteiger partial charge in [-0.2, -0.15) is 5.10 Å². The van der Waals surface area contributed by atoms with Crippen molar-refractivity contribution in [2.24, 2.45) is 0 Å². The van der Waals surface area contributed by atoms with Crippen LogP contribution in [-0.4, -0.2) is 31.0 Å². The van der Waals surface area contributed by atoms with Crippen LogP contribution in [0.4, 0.5) is 10.2 Å². The molecule has 0 bridgehead atoms. The molecule has 1 heterocycles. The Balaban J connectivity index is 2.51. The molecule has 6 heteroatoms. The number of hydrogen-bond donors (Lipinski definition) is 2. The van der Waals surface area contributed by atoms with Gasteiger partial charge in [-0.1, -0.05) is 0 Å². The molecule has 19 heavy (non-hydrogen) atoms. The lowest BCUT2D eigenvalue weighted by Crippen LogP contribution is -1.99.